The quantitative estimate of drug-likeness (QED) is 0.623. The number of fused-ring (bicyclic) bond motifs is 1. The predicted octanol–water partition coefficient (Wildman–Crippen LogP) is 1.96. The molecule has 1 aliphatic heterocycles. The van der Waals surface area contributed by atoms with Gasteiger partial charge in [-0.05, 0) is 36.6 Å². The van der Waals surface area contributed by atoms with E-state index in [0.29, 0.717) is 5.02 Å². The van der Waals surface area contributed by atoms with Gasteiger partial charge in [0.2, 0.25) is 0 Å². The summed E-state index contributed by atoms with van der Waals surface area (Å²) in [6, 6.07) is 3.97. The minimum Gasteiger partial charge on any atom is -0.397 e. The maximum absolute atomic E-state index is 5.95. The second kappa shape index (κ2) is 3.56. The Balaban J connectivity index is 2.48. The molecule has 3 heteroatoms. The molecular weight excluding hydrogens is 184 g/mol. The Morgan fingerprint density at radius 3 is 3.08 bits per heavy atom. The Morgan fingerprint density at radius 2 is 2.23 bits per heavy atom. The van der Waals surface area contributed by atoms with Crippen molar-refractivity contribution in [1.29, 1.82) is 0 Å². The molecule has 0 atom stereocenters. The maximum Gasteiger partial charge on any atom is 0.0638 e. The lowest BCUT2D eigenvalue weighted by Crippen LogP contribution is -2.13. The van der Waals surface area contributed by atoms with E-state index >= 15 is 0 Å². The van der Waals surface area contributed by atoms with E-state index in [-0.39, 0.29) is 0 Å². The van der Waals surface area contributed by atoms with E-state index in [9.17, 15) is 0 Å². The fraction of sp³-hybridized carbons (Fsp3) is 0.400. The van der Waals surface area contributed by atoms with Gasteiger partial charge in [-0.1, -0.05) is 17.7 Å². The Bertz CT molecular complexity index is 323. The molecule has 2 nitrogen and oxygen atoms in total. The molecule has 2 rings (SSSR count). The van der Waals surface area contributed by atoms with E-state index < -0.39 is 0 Å². The van der Waals surface area contributed by atoms with Crippen LogP contribution in [-0.4, -0.2) is 6.54 Å². The Morgan fingerprint density at radius 1 is 1.38 bits per heavy atom. The average molecular weight is 197 g/mol. The highest BCUT2D eigenvalue weighted by atomic mass is 35.5. The SMILES string of the molecule is Nc1c(Cl)ccc2c1CNCCC2. The summed E-state index contributed by atoms with van der Waals surface area (Å²) in [5.74, 6) is 0. The van der Waals surface area contributed by atoms with Gasteiger partial charge in [-0.15, -0.1) is 0 Å². The van der Waals surface area contributed by atoms with Crippen LogP contribution in [0.15, 0.2) is 12.1 Å². The van der Waals surface area contributed by atoms with Crippen molar-refractivity contribution in [2.75, 3.05) is 12.3 Å². The van der Waals surface area contributed by atoms with Crippen LogP contribution in [-0.2, 0) is 13.0 Å². The van der Waals surface area contributed by atoms with Crippen LogP contribution in [0.3, 0.4) is 0 Å². The smallest absolute Gasteiger partial charge is 0.0638 e. The second-order valence-electron chi connectivity index (χ2n) is 3.38. The van der Waals surface area contributed by atoms with Crippen LogP contribution in [0, 0.1) is 0 Å². The molecule has 1 aliphatic rings. The van der Waals surface area contributed by atoms with Crippen LogP contribution in [0.2, 0.25) is 5.02 Å². The van der Waals surface area contributed by atoms with Crippen molar-refractivity contribution in [2.45, 2.75) is 19.4 Å². The van der Waals surface area contributed by atoms with Gasteiger partial charge in [0.15, 0.2) is 0 Å². The topological polar surface area (TPSA) is 38.0 Å². The lowest BCUT2D eigenvalue weighted by Gasteiger charge is -2.09. The molecule has 1 heterocycles. The summed E-state index contributed by atoms with van der Waals surface area (Å²) in [4.78, 5) is 0. The van der Waals surface area contributed by atoms with Gasteiger partial charge in [0.1, 0.15) is 0 Å². The third kappa shape index (κ3) is 1.64. The molecule has 0 saturated heterocycles. The highest BCUT2D eigenvalue weighted by molar-refractivity contribution is 6.33. The minimum atomic E-state index is 0.669. The molecule has 1 aromatic carbocycles. The van der Waals surface area contributed by atoms with Crippen LogP contribution in [0.4, 0.5) is 5.69 Å². The van der Waals surface area contributed by atoms with Gasteiger partial charge in [-0.2, -0.15) is 0 Å². The second-order valence-corrected chi connectivity index (χ2v) is 3.79. The number of rotatable bonds is 0. The lowest BCUT2D eigenvalue weighted by atomic mass is 10.0. The first-order chi connectivity index (χ1) is 6.29. The molecule has 1 aromatic rings. The molecule has 0 amide bonds. The first-order valence-corrected chi connectivity index (χ1v) is 4.93. The first-order valence-electron chi connectivity index (χ1n) is 4.55. The number of halogens is 1. The van der Waals surface area contributed by atoms with E-state index in [2.05, 4.69) is 11.4 Å². The van der Waals surface area contributed by atoms with Crippen LogP contribution >= 0.6 is 11.6 Å². The van der Waals surface area contributed by atoms with E-state index in [0.717, 1.165) is 25.2 Å². The number of nitrogens with two attached hydrogens (primary N) is 1. The molecule has 0 bridgehead atoms. The van der Waals surface area contributed by atoms with Crippen molar-refractivity contribution < 1.29 is 0 Å². The van der Waals surface area contributed by atoms with Crippen molar-refractivity contribution in [2.24, 2.45) is 0 Å². The third-order valence-electron chi connectivity index (χ3n) is 2.50. The van der Waals surface area contributed by atoms with E-state index in [1.807, 2.05) is 6.07 Å². The first kappa shape index (κ1) is 8.85. The standard InChI is InChI=1S/C10H13ClN2/c11-9-4-3-7-2-1-5-13-6-8(7)10(9)12/h3-4,13H,1-2,5-6,12H2. The number of benzene rings is 1. The lowest BCUT2D eigenvalue weighted by molar-refractivity contribution is 0.681. The average Bonchev–Trinajstić information content (AvgIpc) is 2.36. The number of hydrogen-bond acceptors (Lipinski definition) is 2. The van der Waals surface area contributed by atoms with Gasteiger partial charge in [-0.3, -0.25) is 0 Å². The number of anilines is 1. The number of nitrogen functional groups attached to an aromatic ring is 1. The molecule has 0 radical (unpaired) electrons. The highest BCUT2D eigenvalue weighted by Crippen LogP contribution is 2.27. The molecule has 0 spiro atoms. The zero-order valence-corrected chi connectivity index (χ0v) is 8.19. The molecule has 0 aromatic heterocycles. The molecule has 0 aliphatic carbocycles. The van der Waals surface area contributed by atoms with Crippen molar-refractivity contribution in [3.05, 3.63) is 28.3 Å². The van der Waals surface area contributed by atoms with Gasteiger partial charge in [0.05, 0.1) is 10.7 Å². The molecule has 13 heavy (non-hydrogen) atoms. The van der Waals surface area contributed by atoms with Crippen LogP contribution in [0.1, 0.15) is 17.5 Å². The molecule has 0 saturated carbocycles. The third-order valence-corrected chi connectivity index (χ3v) is 2.83. The van der Waals surface area contributed by atoms with E-state index in [4.69, 9.17) is 17.3 Å². The van der Waals surface area contributed by atoms with Crippen LogP contribution in [0.5, 0.6) is 0 Å². The predicted molar refractivity (Wildman–Crippen MR) is 55.9 cm³/mol. The van der Waals surface area contributed by atoms with Gasteiger partial charge >= 0.3 is 0 Å². The monoisotopic (exact) mass is 196 g/mol. The summed E-state index contributed by atoms with van der Waals surface area (Å²) >= 11 is 5.95. The van der Waals surface area contributed by atoms with Crippen molar-refractivity contribution in [3.63, 3.8) is 0 Å². The van der Waals surface area contributed by atoms with Crippen molar-refractivity contribution in [1.82, 2.24) is 5.32 Å². The largest absolute Gasteiger partial charge is 0.397 e. The normalized spacial score (nSPS) is 16.4. The van der Waals surface area contributed by atoms with Crippen LogP contribution in [0.25, 0.3) is 0 Å². The summed E-state index contributed by atoms with van der Waals surface area (Å²) in [5, 5.41) is 4.00. The Hall–Kier alpha value is -0.730. The zero-order valence-electron chi connectivity index (χ0n) is 7.44. The van der Waals surface area contributed by atoms with Crippen LogP contribution < -0.4 is 11.1 Å². The highest BCUT2D eigenvalue weighted by Gasteiger charge is 2.11. The molecule has 70 valence electrons. The van der Waals surface area contributed by atoms with Gasteiger partial charge in [0.25, 0.3) is 0 Å². The molecule has 0 unspecified atom stereocenters. The van der Waals surface area contributed by atoms with Gasteiger partial charge in [0, 0.05) is 6.54 Å². The summed E-state index contributed by atoms with van der Waals surface area (Å²) in [6.07, 6.45) is 2.28. The number of hydrogen-bond donors (Lipinski definition) is 2. The summed E-state index contributed by atoms with van der Waals surface area (Å²) in [5.41, 5.74) is 9.17. The summed E-state index contributed by atoms with van der Waals surface area (Å²) < 4.78 is 0. The van der Waals surface area contributed by atoms with Gasteiger partial charge < -0.3 is 11.1 Å². The molecule has 3 N–H and O–H groups in total. The van der Waals surface area contributed by atoms with Gasteiger partial charge in [-0.25, -0.2) is 0 Å². The molecular formula is C10H13ClN2. The van der Waals surface area contributed by atoms with Crippen molar-refractivity contribution in [3.8, 4) is 0 Å². The molecule has 0 fully saturated rings. The minimum absolute atomic E-state index is 0.669. The number of nitrogens with one attached hydrogen (secondary N) is 1. The zero-order chi connectivity index (χ0) is 9.26. The summed E-state index contributed by atoms with van der Waals surface area (Å²) in [7, 11) is 0. The summed E-state index contributed by atoms with van der Waals surface area (Å²) in [6.45, 7) is 1.91. The van der Waals surface area contributed by atoms with Crippen molar-refractivity contribution >= 4 is 17.3 Å². The van der Waals surface area contributed by atoms with E-state index in [1.165, 1.54) is 17.5 Å². The fourth-order valence-corrected chi connectivity index (χ4v) is 1.92. The Kier molecular flexibility index (Phi) is 2.42. The fourth-order valence-electron chi connectivity index (χ4n) is 1.74. The Labute approximate surface area is 83.1 Å². The maximum atomic E-state index is 5.95. The van der Waals surface area contributed by atoms with E-state index in [1.54, 1.807) is 0 Å². The number of aryl methyl sites for hydroxylation is 1.